The third-order valence-corrected chi connectivity index (χ3v) is 3.89. The van der Waals surface area contributed by atoms with Gasteiger partial charge in [0.2, 0.25) is 5.91 Å². The molecule has 18 heavy (non-hydrogen) atoms. The molecular weight excluding hydrogens is 230 g/mol. The zero-order chi connectivity index (χ0) is 13.0. The first kappa shape index (κ1) is 13.1. The Balaban J connectivity index is 1.88. The van der Waals surface area contributed by atoms with Crippen LogP contribution in [0.3, 0.4) is 0 Å². The zero-order valence-electron chi connectivity index (χ0n) is 10.7. The van der Waals surface area contributed by atoms with Gasteiger partial charge in [-0.1, -0.05) is 11.6 Å². The molecule has 1 N–H and O–H groups in total. The number of hydrogen-bond donors (Lipinski definition) is 1. The molecule has 1 aliphatic heterocycles. The van der Waals surface area contributed by atoms with Gasteiger partial charge in [0.25, 0.3) is 0 Å². The Morgan fingerprint density at radius 1 is 1.33 bits per heavy atom. The van der Waals surface area contributed by atoms with Crippen molar-refractivity contribution in [2.75, 3.05) is 13.1 Å². The first-order valence-corrected chi connectivity index (χ1v) is 6.85. The Hall–Kier alpha value is -1.32. The van der Waals surface area contributed by atoms with Gasteiger partial charge in [0.05, 0.1) is 5.92 Å². The summed E-state index contributed by atoms with van der Waals surface area (Å²) < 4.78 is 0. The van der Waals surface area contributed by atoms with Crippen LogP contribution in [0, 0.1) is 5.92 Å². The molecule has 4 heteroatoms. The van der Waals surface area contributed by atoms with Gasteiger partial charge in [-0.2, -0.15) is 0 Å². The van der Waals surface area contributed by atoms with E-state index >= 15 is 0 Å². The van der Waals surface area contributed by atoms with Gasteiger partial charge in [0.15, 0.2) is 0 Å². The minimum absolute atomic E-state index is 0.106. The van der Waals surface area contributed by atoms with Gasteiger partial charge < -0.3 is 10.0 Å². The summed E-state index contributed by atoms with van der Waals surface area (Å²) in [6, 6.07) is 0. The number of carboxylic acids is 1. The van der Waals surface area contributed by atoms with E-state index in [-0.39, 0.29) is 11.8 Å². The largest absolute Gasteiger partial charge is 0.481 e. The number of nitrogens with zero attached hydrogens (tertiary/aromatic N) is 1. The van der Waals surface area contributed by atoms with E-state index in [9.17, 15) is 9.59 Å². The minimum atomic E-state index is -0.774. The second-order valence-corrected chi connectivity index (χ2v) is 5.30. The lowest BCUT2D eigenvalue weighted by molar-refractivity contribution is -0.145. The third kappa shape index (κ3) is 3.34. The Labute approximate surface area is 108 Å². The van der Waals surface area contributed by atoms with Gasteiger partial charge in [-0.05, 0) is 38.5 Å². The number of piperidine rings is 1. The van der Waals surface area contributed by atoms with Crippen molar-refractivity contribution in [2.45, 2.75) is 44.9 Å². The number of carbonyl (C=O) groups is 2. The highest BCUT2D eigenvalue weighted by Gasteiger charge is 2.28. The van der Waals surface area contributed by atoms with E-state index in [0.717, 1.165) is 25.8 Å². The van der Waals surface area contributed by atoms with E-state index in [0.29, 0.717) is 19.4 Å². The third-order valence-electron chi connectivity index (χ3n) is 3.89. The van der Waals surface area contributed by atoms with Crippen LogP contribution in [0.5, 0.6) is 0 Å². The summed E-state index contributed by atoms with van der Waals surface area (Å²) in [5, 5.41) is 9.01. The predicted molar refractivity (Wildman–Crippen MR) is 68.1 cm³/mol. The lowest BCUT2D eigenvalue weighted by Crippen LogP contribution is -2.42. The van der Waals surface area contributed by atoms with Crippen LogP contribution in [0.1, 0.15) is 44.9 Å². The van der Waals surface area contributed by atoms with E-state index in [1.54, 1.807) is 4.90 Å². The smallest absolute Gasteiger partial charge is 0.308 e. The van der Waals surface area contributed by atoms with Gasteiger partial charge in [0.1, 0.15) is 0 Å². The van der Waals surface area contributed by atoms with Gasteiger partial charge >= 0.3 is 5.97 Å². The Morgan fingerprint density at radius 3 is 2.83 bits per heavy atom. The molecule has 0 aromatic rings. The average Bonchev–Trinajstić information content (AvgIpc) is 2.40. The van der Waals surface area contributed by atoms with Gasteiger partial charge in [-0.25, -0.2) is 0 Å². The molecule has 0 aromatic carbocycles. The fraction of sp³-hybridized carbons (Fsp3) is 0.714. The van der Waals surface area contributed by atoms with Crippen LogP contribution in [0.15, 0.2) is 11.6 Å². The summed E-state index contributed by atoms with van der Waals surface area (Å²) in [7, 11) is 0. The highest BCUT2D eigenvalue weighted by Crippen LogP contribution is 2.23. The second kappa shape index (κ2) is 6.03. The van der Waals surface area contributed by atoms with Crippen molar-refractivity contribution >= 4 is 11.9 Å². The van der Waals surface area contributed by atoms with Crippen LogP contribution >= 0.6 is 0 Å². The van der Waals surface area contributed by atoms with Crippen molar-refractivity contribution in [1.29, 1.82) is 0 Å². The molecule has 1 aliphatic carbocycles. The normalized spacial score (nSPS) is 24.6. The molecule has 0 bridgehead atoms. The maximum atomic E-state index is 12.1. The van der Waals surface area contributed by atoms with Crippen LogP contribution in [0.4, 0.5) is 0 Å². The summed E-state index contributed by atoms with van der Waals surface area (Å²) >= 11 is 0. The van der Waals surface area contributed by atoms with Crippen molar-refractivity contribution < 1.29 is 14.7 Å². The number of hydrogen-bond acceptors (Lipinski definition) is 2. The van der Waals surface area contributed by atoms with E-state index in [1.165, 1.54) is 18.4 Å². The molecule has 1 heterocycles. The van der Waals surface area contributed by atoms with Gasteiger partial charge in [-0.15, -0.1) is 0 Å². The highest BCUT2D eigenvalue weighted by atomic mass is 16.4. The second-order valence-electron chi connectivity index (χ2n) is 5.30. The summed E-state index contributed by atoms with van der Waals surface area (Å²) in [6.07, 6.45) is 8.69. The molecule has 0 saturated carbocycles. The van der Waals surface area contributed by atoms with Crippen LogP contribution in [0.2, 0.25) is 0 Å². The fourth-order valence-electron chi connectivity index (χ4n) is 2.78. The fourth-order valence-corrected chi connectivity index (χ4v) is 2.78. The highest BCUT2D eigenvalue weighted by molar-refractivity contribution is 5.80. The Bertz CT molecular complexity index is 362. The van der Waals surface area contributed by atoms with Crippen LogP contribution in [-0.4, -0.2) is 35.0 Å². The molecule has 1 atom stereocenters. The topological polar surface area (TPSA) is 57.6 Å². The maximum absolute atomic E-state index is 12.1. The Morgan fingerprint density at radius 2 is 2.17 bits per heavy atom. The van der Waals surface area contributed by atoms with E-state index in [1.807, 2.05) is 0 Å². The summed E-state index contributed by atoms with van der Waals surface area (Å²) in [4.78, 5) is 24.8. The molecule has 0 radical (unpaired) electrons. The van der Waals surface area contributed by atoms with Crippen LogP contribution < -0.4 is 0 Å². The van der Waals surface area contributed by atoms with Gasteiger partial charge in [-0.3, -0.25) is 9.59 Å². The number of carbonyl (C=O) groups excluding carboxylic acids is 1. The molecule has 2 rings (SSSR count). The molecule has 1 fully saturated rings. The van der Waals surface area contributed by atoms with Crippen molar-refractivity contribution in [3.63, 3.8) is 0 Å². The average molecular weight is 251 g/mol. The van der Waals surface area contributed by atoms with Gasteiger partial charge in [0, 0.05) is 19.5 Å². The maximum Gasteiger partial charge on any atom is 0.308 e. The number of amides is 1. The summed E-state index contributed by atoms with van der Waals surface area (Å²) in [5.74, 6) is -1.04. The lowest BCUT2D eigenvalue weighted by atomic mass is 9.95. The molecule has 4 nitrogen and oxygen atoms in total. The molecule has 0 spiro atoms. The number of carboxylic acid groups (broad SMARTS) is 1. The Kier molecular flexibility index (Phi) is 4.39. The predicted octanol–water partition coefficient (Wildman–Crippen LogP) is 2.20. The minimum Gasteiger partial charge on any atom is -0.481 e. The lowest BCUT2D eigenvalue weighted by Gasteiger charge is -2.31. The summed E-state index contributed by atoms with van der Waals surface area (Å²) in [6.45, 7) is 1.11. The van der Waals surface area contributed by atoms with Crippen LogP contribution in [0.25, 0.3) is 0 Å². The summed E-state index contributed by atoms with van der Waals surface area (Å²) in [5.41, 5.74) is 1.24. The molecule has 0 aromatic heterocycles. The molecular formula is C14H21NO3. The molecule has 1 amide bonds. The van der Waals surface area contributed by atoms with E-state index < -0.39 is 5.97 Å². The van der Waals surface area contributed by atoms with Crippen molar-refractivity contribution in [1.82, 2.24) is 4.90 Å². The molecule has 100 valence electrons. The molecule has 1 saturated heterocycles. The standard InChI is InChI=1S/C14H21NO3/c16-13(9-11-5-2-1-3-6-11)15-8-4-7-12(10-15)14(17)18/h5,12H,1-4,6-10H2,(H,17,18)/t12-/m1/s1. The van der Waals surface area contributed by atoms with Crippen molar-refractivity contribution in [3.8, 4) is 0 Å². The van der Waals surface area contributed by atoms with E-state index in [4.69, 9.17) is 5.11 Å². The molecule has 0 unspecified atom stereocenters. The number of likely N-dealkylation sites (tertiary alicyclic amines) is 1. The quantitative estimate of drug-likeness (QED) is 0.782. The molecule has 2 aliphatic rings. The first-order valence-electron chi connectivity index (χ1n) is 6.85. The monoisotopic (exact) mass is 251 g/mol. The SMILES string of the molecule is O=C(O)[C@@H]1CCCN(C(=O)CC2=CCCCC2)C1. The zero-order valence-corrected chi connectivity index (χ0v) is 10.7. The number of rotatable bonds is 3. The first-order chi connectivity index (χ1) is 8.66. The van der Waals surface area contributed by atoms with Crippen LogP contribution in [-0.2, 0) is 9.59 Å². The number of allylic oxidation sites excluding steroid dienone is 1. The van der Waals surface area contributed by atoms with Crippen molar-refractivity contribution in [3.05, 3.63) is 11.6 Å². The van der Waals surface area contributed by atoms with Crippen molar-refractivity contribution in [2.24, 2.45) is 5.92 Å². The number of aliphatic carboxylic acids is 1. The van der Waals surface area contributed by atoms with E-state index in [2.05, 4.69) is 6.08 Å².